The number of carbonyl (C=O) groups is 2. The van der Waals surface area contributed by atoms with Gasteiger partial charge >= 0.3 is 0 Å². The molecule has 1 N–H and O–H groups in total. The van der Waals surface area contributed by atoms with Crippen LogP contribution in [-0.2, 0) is 32.6 Å². The number of anilines is 1. The minimum Gasteiger partial charge on any atom is -0.497 e. The Morgan fingerprint density at radius 3 is 2.18 bits per heavy atom. The van der Waals surface area contributed by atoms with E-state index in [1.54, 1.807) is 31.4 Å². The molecule has 3 aromatic carbocycles. The van der Waals surface area contributed by atoms with Crippen LogP contribution in [0.1, 0.15) is 36.5 Å². The molecule has 3 aromatic rings. The summed E-state index contributed by atoms with van der Waals surface area (Å²) >= 11 is 0. The van der Waals surface area contributed by atoms with E-state index in [-0.39, 0.29) is 24.8 Å². The van der Waals surface area contributed by atoms with E-state index < -0.39 is 28.5 Å². The van der Waals surface area contributed by atoms with Crippen molar-refractivity contribution in [1.29, 1.82) is 0 Å². The Balaban J connectivity index is 2.07. The molecule has 208 valence electrons. The first-order valence-electron chi connectivity index (χ1n) is 12.8. The number of rotatable bonds is 12. The van der Waals surface area contributed by atoms with Gasteiger partial charge in [-0.15, -0.1) is 0 Å². The van der Waals surface area contributed by atoms with Gasteiger partial charge in [-0.05, 0) is 40.8 Å². The number of nitrogens with one attached hydrogen (secondary N) is 1. The van der Waals surface area contributed by atoms with Gasteiger partial charge in [0.05, 0.1) is 19.1 Å². The maximum absolute atomic E-state index is 14.1. The minimum absolute atomic E-state index is 0.0325. The third-order valence-corrected chi connectivity index (χ3v) is 7.64. The number of amides is 2. The van der Waals surface area contributed by atoms with Crippen molar-refractivity contribution in [1.82, 2.24) is 10.2 Å². The quantitative estimate of drug-likeness (QED) is 0.368. The summed E-state index contributed by atoms with van der Waals surface area (Å²) < 4.78 is 32.5. The third kappa shape index (κ3) is 7.83. The SMILES string of the molecule is CNC(=O)C(Cc1ccccc1)N(Cc1cccc(OC)c1)C(=O)CN(c1ccccc1C(C)C)S(C)(=O)=O. The summed E-state index contributed by atoms with van der Waals surface area (Å²) in [6.45, 7) is 3.58. The Kier molecular flexibility index (Phi) is 10.1. The Labute approximate surface area is 231 Å². The average Bonchev–Trinajstić information content (AvgIpc) is 2.93. The summed E-state index contributed by atoms with van der Waals surface area (Å²) in [6, 6.07) is 22.9. The lowest BCUT2D eigenvalue weighted by Gasteiger charge is -2.34. The van der Waals surface area contributed by atoms with Crippen LogP contribution >= 0.6 is 0 Å². The van der Waals surface area contributed by atoms with Gasteiger partial charge in [-0.3, -0.25) is 13.9 Å². The molecule has 9 heteroatoms. The van der Waals surface area contributed by atoms with Gasteiger partial charge < -0.3 is 15.0 Å². The fraction of sp³-hybridized carbons (Fsp3) is 0.333. The normalized spacial score (nSPS) is 12.1. The zero-order valence-corrected chi connectivity index (χ0v) is 23.9. The van der Waals surface area contributed by atoms with Crippen LogP contribution in [0.15, 0.2) is 78.9 Å². The molecule has 0 fully saturated rings. The molecule has 0 aromatic heterocycles. The van der Waals surface area contributed by atoms with Crippen molar-refractivity contribution in [3.05, 3.63) is 95.6 Å². The molecule has 0 saturated carbocycles. The zero-order chi connectivity index (χ0) is 28.6. The van der Waals surface area contributed by atoms with Crippen LogP contribution in [-0.4, -0.2) is 58.1 Å². The second-order valence-corrected chi connectivity index (χ2v) is 11.6. The first-order chi connectivity index (χ1) is 18.5. The van der Waals surface area contributed by atoms with Gasteiger partial charge in [-0.25, -0.2) is 8.42 Å². The van der Waals surface area contributed by atoms with Gasteiger partial charge in [0.25, 0.3) is 0 Å². The summed E-state index contributed by atoms with van der Waals surface area (Å²) in [7, 11) is -0.751. The summed E-state index contributed by atoms with van der Waals surface area (Å²) in [5.41, 5.74) is 2.88. The summed E-state index contributed by atoms with van der Waals surface area (Å²) in [5.74, 6) is -0.192. The lowest BCUT2D eigenvalue weighted by molar-refractivity contribution is -0.139. The highest BCUT2D eigenvalue weighted by Crippen LogP contribution is 2.29. The highest BCUT2D eigenvalue weighted by atomic mass is 32.2. The molecule has 0 aliphatic carbocycles. The molecule has 0 bridgehead atoms. The lowest BCUT2D eigenvalue weighted by Crippen LogP contribution is -2.53. The largest absolute Gasteiger partial charge is 0.497 e. The van der Waals surface area contributed by atoms with Crippen LogP contribution in [0.2, 0.25) is 0 Å². The second-order valence-electron chi connectivity index (χ2n) is 9.68. The molecular formula is C30H37N3O5S. The van der Waals surface area contributed by atoms with E-state index in [2.05, 4.69) is 5.32 Å². The standard InChI is InChI=1S/C30H37N3O5S/c1-22(2)26-16-9-10-17-27(26)33(39(5,36)37)21-29(34)32(20-24-14-11-15-25(18-24)38-4)28(30(35)31-3)19-23-12-7-6-8-13-23/h6-18,22,28H,19-21H2,1-5H3,(H,31,35). The first-order valence-corrected chi connectivity index (χ1v) is 14.6. The molecule has 8 nitrogen and oxygen atoms in total. The monoisotopic (exact) mass is 551 g/mol. The number of benzene rings is 3. The van der Waals surface area contributed by atoms with Crippen molar-refractivity contribution in [2.24, 2.45) is 0 Å². The van der Waals surface area contributed by atoms with Crippen molar-refractivity contribution in [3.8, 4) is 5.75 Å². The van der Waals surface area contributed by atoms with E-state index >= 15 is 0 Å². The van der Waals surface area contributed by atoms with E-state index in [4.69, 9.17) is 4.74 Å². The fourth-order valence-electron chi connectivity index (χ4n) is 4.49. The predicted molar refractivity (Wildman–Crippen MR) is 154 cm³/mol. The van der Waals surface area contributed by atoms with Crippen LogP contribution in [0.5, 0.6) is 5.75 Å². The molecule has 1 unspecified atom stereocenters. The number of methoxy groups -OCH3 is 1. The van der Waals surface area contributed by atoms with Crippen LogP contribution in [0.25, 0.3) is 0 Å². The molecule has 1 atom stereocenters. The summed E-state index contributed by atoms with van der Waals surface area (Å²) in [4.78, 5) is 28.7. The number of nitrogens with zero attached hydrogens (tertiary/aromatic N) is 2. The van der Waals surface area contributed by atoms with Crippen molar-refractivity contribution in [2.45, 2.75) is 38.8 Å². The van der Waals surface area contributed by atoms with Crippen LogP contribution in [0.3, 0.4) is 0 Å². The topological polar surface area (TPSA) is 96.0 Å². The van der Waals surface area contributed by atoms with Crippen molar-refractivity contribution < 1.29 is 22.7 Å². The Bertz CT molecular complexity index is 1380. The van der Waals surface area contributed by atoms with Crippen molar-refractivity contribution >= 4 is 27.5 Å². The van der Waals surface area contributed by atoms with Gasteiger partial charge in [0.15, 0.2) is 0 Å². The lowest BCUT2D eigenvalue weighted by atomic mass is 10.0. The van der Waals surface area contributed by atoms with E-state index in [0.29, 0.717) is 11.4 Å². The molecule has 3 rings (SSSR count). The zero-order valence-electron chi connectivity index (χ0n) is 23.1. The van der Waals surface area contributed by atoms with Crippen molar-refractivity contribution in [3.63, 3.8) is 0 Å². The number of ether oxygens (including phenoxy) is 1. The van der Waals surface area contributed by atoms with Crippen LogP contribution < -0.4 is 14.4 Å². The predicted octanol–water partition coefficient (Wildman–Crippen LogP) is 3.97. The van der Waals surface area contributed by atoms with Gasteiger partial charge in [0, 0.05) is 20.0 Å². The molecule has 0 aliphatic heterocycles. The van der Waals surface area contributed by atoms with E-state index in [0.717, 1.165) is 27.3 Å². The number of sulfonamides is 1. The maximum Gasteiger partial charge on any atom is 0.244 e. The van der Waals surface area contributed by atoms with Gasteiger partial charge in [0.1, 0.15) is 18.3 Å². The van der Waals surface area contributed by atoms with Gasteiger partial charge in [0.2, 0.25) is 21.8 Å². The smallest absolute Gasteiger partial charge is 0.244 e. The Hall–Kier alpha value is -3.85. The minimum atomic E-state index is -3.83. The fourth-order valence-corrected chi connectivity index (χ4v) is 5.35. The number of carbonyl (C=O) groups excluding carboxylic acids is 2. The average molecular weight is 552 g/mol. The third-order valence-electron chi connectivity index (χ3n) is 6.51. The molecule has 0 spiro atoms. The number of likely N-dealkylation sites (N-methyl/N-ethyl adjacent to an activating group) is 1. The second kappa shape index (κ2) is 13.3. The van der Waals surface area contributed by atoms with E-state index in [1.807, 2.05) is 68.4 Å². The molecule has 0 saturated heterocycles. The van der Waals surface area contributed by atoms with Gasteiger partial charge in [-0.1, -0.05) is 74.5 Å². The Morgan fingerprint density at radius 2 is 1.56 bits per heavy atom. The molecule has 0 radical (unpaired) electrons. The van der Waals surface area contributed by atoms with E-state index in [9.17, 15) is 18.0 Å². The highest BCUT2D eigenvalue weighted by Gasteiger charge is 2.33. The van der Waals surface area contributed by atoms with E-state index in [1.165, 1.54) is 11.9 Å². The van der Waals surface area contributed by atoms with Crippen molar-refractivity contribution in [2.75, 3.05) is 31.3 Å². The highest BCUT2D eigenvalue weighted by molar-refractivity contribution is 7.92. The van der Waals surface area contributed by atoms with Crippen LogP contribution in [0, 0.1) is 0 Å². The molecule has 39 heavy (non-hydrogen) atoms. The molecular weight excluding hydrogens is 514 g/mol. The Morgan fingerprint density at radius 1 is 0.923 bits per heavy atom. The molecule has 0 heterocycles. The number of hydrogen-bond donors (Lipinski definition) is 1. The molecule has 0 aliphatic rings. The maximum atomic E-state index is 14.1. The summed E-state index contributed by atoms with van der Waals surface area (Å²) in [5, 5.41) is 2.68. The first kappa shape index (κ1) is 29.7. The molecule has 2 amide bonds. The van der Waals surface area contributed by atoms with Gasteiger partial charge in [-0.2, -0.15) is 0 Å². The number of hydrogen-bond acceptors (Lipinski definition) is 5. The summed E-state index contributed by atoms with van der Waals surface area (Å²) in [6.07, 6.45) is 1.35. The number of para-hydroxylation sites is 1. The van der Waals surface area contributed by atoms with Crippen LogP contribution in [0.4, 0.5) is 5.69 Å².